The molecule has 2 nitrogen and oxygen atoms in total. The van der Waals surface area contributed by atoms with Gasteiger partial charge in [-0.3, -0.25) is 0 Å². The SMILES string of the molecule is CC.CCCCCCCCOc1ccc(-c2cccc(S)c2-c2ccc(OCCCCCCCC)cc2)cc1. The van der Waals surface area contributed by atoms with E-state index in [1.54, 1.807) is 0 Å². The van der Waals surface area contributed by atoms with E-state index in [2.05, 4.69) is 80.6 Å². The highest BCUT2D eigenvalue weighted by molar-refractivity contribution is 7.80. The fourth-order valence-electron chi connectivity index (χ4n) is 4.68. The highest BCUT2D eigenvalue weighted by Gasteiger charge is 2.11. The van der Waals surface area contributed by atoms with Gasteiger partial charge >= 0.3 is 0 Å². The highest BCUT2D eigenvalue weighted by atomic mass is 32.1. The number of ether oxygens (including phenoxy) is 2. The Kier molecular flexibility index (Phi) is 17.3. The highest BCUT2D eigenvalue weighted by Crippen LogP contribution is 2.38. The number of hydrogen-bond donors (Lipinski definition) is 1. The van der Waals surface area contributed by atoms with Crippen molar-refractivity contribution in [3.05, 3.63) is 66.7 Å². The van der Waals surface area contributed by atoms with Gasteiger partial charge in [-0.25, -0.2) is 0 Å². The molecular weight excluding hydrogens is 496 g/mol. The van der Waals surface area contributed by atoms with Gasteiger partial charge in [0.05, 0.1) is 13.2 Å². The quantitative estimate of drug-likeness (QED) is 0.126. The van der Waals surface area contributed by atoms with Gasteiger partial charge in [-0.05, 0) is 59.9 Å². The van der Waals surface area contributed by atoms with Crippen molar-refractivity contribution < 1.29 is 9.47 Å². The summed E-state index contributed by atoms with van der Waals surface area (Å²) in [6, 6.07) is 23.2. The summed E-state index contributed by atoms with van der Waals surface area (Å²) < 4.78 is 12.0. The van der Waals surface area contributed by atoms with E-state index in [1.807, 2.05) is 13.8 Å². The third kappa shape index (κ3) is 12.1. The maximum Gasteiger partial charge on any atom is 0.119 e. The van der Waals surface area contributed by atoms with Crippen LogP contribution in [-0.4, -0.2) is 13.2 Å². The minimum absolute atomic E-state index is 0.785. The molecule has 0 amide bonds. The molecule has 3 heteroatoms. The molecule has 0 aliphatic rings. The lowest BCUT2D eigenvalue weighted by atomic mass is 9.94. The molecule has 0 heterocycles. The van der Waals surface area contributed by atoms with Crippen LogP contribution in [0.3, 0.4) is 0 Å². The monoisotopic (exact) mass is 548 g/mol. The Morgan fingerprint density at radius 3 is 1.44 bits per heavy atom. The predicted octanol–water partition coefficient (Wildman–Crippen LogP) is 11.8. The first kappa shape index (κ1) is 32.8. The van der Waals surface area contributed by atoms with Crippen LogP contribution < -0.4 is 9.47 Å². The van der Waals surface area contributed by atoms with Crippen molar-refractivity contribution in [3.63, 3.8) is 0 Å². The Morgan fingerprint density at radius 1 is 0.513 bits per heavy atom. The number of benzene rings is 3. The van der Waals surface area contributed by atoms with Crippen molar-refractivity contribution in [2.24, 2.45) is 0 Å². The normalized spacial score (nSPS) is 10.6. The summed E-state index contributed by atoms with van der Waals surface area (Å²) in [6.07, 6.45) is 15.3. The smallest absolute Gasteiger partial charge is 0.119 e. The number of rotatable bonds is 18. The zero-order valence-electron chi connectivity index (χ0n) is 25.0. The van der Waals surface area contributed by atoms with E-state index in [-0.39, 0.29) is 0 Å². The summed E-state index contributed by atoms with van der Waals surface area (Å²) in [7, 11) is 0. The lowest BCUT2D eigenvalue weighted by molar-refractivity contribution is 0.304. The molecule has 0 unspecified atom stereocenters. The van der Waals surface area contributed by atoms with Crippen LogP contribution in [0.2, 0.25) is 0 Å². The fourth-order valence-corrected chi connectivity index (χ4v) is 5.01. The summed E-state index contributed by atoms with van der Waals surface area (Å²) >= 11 is 4.81. The lowest BCUT2D eigenvalue weighted by Crippen LogP contribution is -1.97. The van der Waals surface area contributed by atoms with Crippen LogP contribution in [0.1, 0.15) is 105 Å². The van der Waals surface area contributed by atoms with E-state index in [0.29, 0.717) is 0 Å². The minimum Gasteiger partial charge on any atom is -0.494 e. The molecule has 39 heavy (non-hydrogen) atoms. The van der Waals surface area contributed by atoms with Crippen molar-refractivity contribution >= 4 is 12.6 Å². The van der Waals surface area contributed by atoms with Gasteiger partial charge in [0.25, 0.3) is 0 Å². The maximum atomic E-state index is 5.99. The van der Waals surface area contributed by atoms with Gasteiger partial charge in [0.15, 0.2) is 0 Å². The summed E-state index contributed by atoms with van der Waals surface area (Å²) in [4.78, 5) is 0.974. The first-order valence-electron chi connectivity index (χ1n) is 15.5. The van der Waals surface area contributed by atoms with Crippen LogP contribution in [0.4, 0.5) is 0 Å². The van der Waals surface area contributed by atoms with Crippen LogP contribution >= 0.6 is 12.6 Å². The summed E-state index contributed by atoms with van der Waals surface area (Å²) in [5.74, 6) is 1.87. The van der Waals surface area contributed by atoms with Gasteiger partial charge in [0.1, 0.15) is 11.5 Å². The van der Waals surface area contributed by atoms with Crippen LogP contribution in [0, 0.1) is 0 Å². The van der Waals surface area contributed by atoms with Crippen molar-refractivity contribution in [1.82, 2.24) is 0 Å². The molecule has 214 valence electrons. The second-order valence-electron chi connectivity index (χ2n) is 9.98. The zero-order chi connectivity index (χ0) is 28.1. The number of thiol groups is 1. The largest absolute Gasteiger partial charge is 0.494 e. The Labute approximate surface area is 245 Å². The summed E-state index contributed by atoms with van der Waals surface area (Å²) in [6.45, 7) is 10.1. The molecule has 0 saturated carbocycles. The van der Waals surface area contributed by atoms with Crippen LogP contribution in [0.15, 0.2) is 71.6 Å². The van der Waals surface area contributed by atoms with Crippen molar-refractivity contribution in [2.75, 3.05) is 13.2 Å². The molecule has 0 saturated heterocycles. The van der Waals surface area contributed by atoms with Crippen molar-refractivity contribution in [1.29, 1.82) is 0 Å². The fraction of sp³-hybridized carbons (Fsp3) is 0.500. The molecule has 3 aromatic carbocycles. The van der Waals surface area contributed by atoms with Crippen LogP contribution in [0.25, 0.3) is 22.3 Å². The van der Waals surface area contributed by atoms with Crippen LogP contribution in [0.5, 0.6) is 11.5 Å². The van der Waals surface area contributed by atoms with Gasteiger partial charge in [-0.2, -0.15) is 0 Å². The standard InChI is InChI=1S/C34H46O2S.C2H6/c1-3-5-7-9-11-13-26-35-30-22-18-28(19-23-30)32-16-15-17-33(37)34(32)29-20-24-31(25-21-29)36-27-14-12-10-8-6-4-2;1-2/h15-25,37H,3-14,26-27H2,1-2H3;1-2H3. The van der Waals surface area contributed by atoms with Gasteiger partial charge in [-0.1, -0.05) is 128 Å². The van der Waals surface area contributed by atoms with E-state index in [9.17, 15) is 0 Å². The predicted molar refractivity (Wildman–Crippen MR) is 174 cm³/mol. The molecular formula is C36H52O2S. The molecule has 0 atom stereocenters. The third-order valence-corrected chi connectivity index (χ3v) is 7.26. The molecule has 0 aliphatic carbocycles. The Hall–Kier alpha value is -2.39. The molecule has 0 aromatic heterocycles. The van der Waals surface area contributed by atoms with E-state index in [0.717, 1.165) is 53.6 Å². The Bertz CT molecular complexity index is 1010. The molecule has 3 aromatic rings. The third-order valence-electron chi connectivity index (χ3n) is 6.88. The lowest BCUT2D eigenvalue weighted by Gasteiger charge is -2.14. The molecule has 0 aliphatic heterocycles. The molecule has 0 bridgehead atoms. The summed E-state index contributed by atoms with van der Waals surface area (Å²) in [5.41, 5.74) is 4.64. The van der Waals surface area contributed by atoms with E-state index in [1.165, 1.54) is 75.3 Å². The van der Waals surface area contributed by atoms with Gasteiger partial charge in [0.2, 0.25) is 0 Å². The first-order chi connectivity index (χ1) is 19.2. The van der Waals surface area contributed by atoms with E-state index < -0.39 is 0 Å². The Morgan fingerprint density at radius 2 is 0.949 bits per heavy atom. The topological polar surface area (TPSA) is 18.5 Å². The molecule has 3 rings (SSSR count). The maximum absolute atomic E-state index is 5.99. The zero-order valence-corrected chi connectivity index (χ0v) is 25.9. The first-order valence-corrected chi connectivity index (χ1v) is 16.0. The second kappa shape index (κ2) is 20.5. The van der Waals surface area contributed by atoms with E-state index in [4.69, 9.17) is 22.1 Å². The van der Waals surface area contributed by atoms with E-state index >= 15 is 0 Å². The summed E-state index contributed by atoms with van der Waals surface area (Å²) in [5, 5.41) is 0. The van der Waals surface area contributed by atoms with Crippen LogP contribution in [-0.2, 0) is 0 Å². The average molecular weight is 549 g/mol. The average Bonchev–Trinajstić information content (AvgIpc) is 2.98. The Balaban J connectivity index is 0.00000260. The molecule has 0 N–H and O–H groups in total. The van der Waals surface area contributed by atoms with Gasteiger partial charge in [-0.15, -0.1) is 12.6 Å². The van der Waals surface area contributed by atoms with Crippen molar-refractivity contribution in [2.45, 2.75) is 110 Å². The number of hydrogen-bond acceptors (Lipinski definition) is 3. The molecule has 0 spiro atoms. The number of unbranched alkanes of at least 4 members (excludes halogenated alkanes) is 10. The minimum atomic E-state index is 0.785. The molecule has 0 fully saturated rings. The van der Waals surface area contributed by atoms with Gasteiger partial charge in [0, 0.05) is 10.5 Å². The second-order valence-corrected chi connectivity index (χ2v) is 10.5. The van der Waals surface area contributed by atoms with Gasteiger partial charge < -0.3 is 9.47 Å². The van der Waals surface area contributed by atoms with Crippen molar-refractivity contribution in [3.8, 4) is 33.8 Å². The molecule has 0 radical (unpaired) electrons.